The quantitative estimate of drug-likeness (QED) is 0.195. The van der Waals surface area contributed by atoms with Crippen molar-refractivity contribution in [2.75, 3.05) is 25.0 Å². The molecule has 1 N–H and O–H groups in total. The van der Waals surface area contributed by atoms with Crippen LogP contribution in [0.25, 0.3) is 22.0 Å². The summed E-state index contributed by atoms with van der Waals surface area (Å²) in [6, 6.07) is 8.83. The standard InChI is InChI=1S/C36H39BrN8O3/c1-20-7-10-31(37)40-34(20)41-35(48)29-12-36(19-43-16-24-5-4-6-25(24)17-43)13-30(36)45(29)32(47)18-44-28-9-8-23(26-14-38-22(3)39-15-26)11-27(28)33(42-44)21(2)46/h7-11,14-15,24-25,29-30H,4-6,12-13,16-19H2,1-3H3,(H,40,41,48)/t24-,25+,29-,30?,36-/m0/s1. The first kappa shape index (κ1) is 31.3. The molecule has 4 aliphatic rings. The van der Waals surface area contributed by atoms with E-state index in [1.165, 1.54) is 26.2 Å². The lowest BCUT2D eigenvalue weighted by Crippen LogP contribution is -2.47. The fourth-order valence-corrected chi connectivity index (χ4v) is 8.98. The largest absolute Gasteiger partial charge is 0.325 e. The van der Waals surface area contributed by atoms with E-state index in [2.05, 4.69) is 46.2 Å². The first-order valence-corrected chi connectivity index (χ1v) is 17.7. The molecule has 2 saturated heterocycles. The van der Waals surface area contributed by atoms with Gasteiger partial charge in [-0.2, -0.15) is 5.10 Å². The molecule has 5 atom stereocenters. The maximum atomic E-state index is 14.4. The third-order valence-electron chi connectivity index (χ3n) is 11.1. The van der Waals surface area contributed by atoms with E-state index in [4.69, 9.17) is 0 Å². The van der Waals surface area contributed by atoms with E-state index in [1.54, 1.807) is 17.1 Å². The van der Waals surface area contributed by atoms with Crippen molar-refractivity contribution < 1.29 is 14.4 Å². The van der Waals surface area contributed by atoms with Crippen LogP contribution in [-0.4, -0.2) is 83.8 Å². The molecule has 8 rings (SSSR count). The number of halogens is 1. The molecule has 3 aromatic heterocycles. The van der Waals surface area contributed by atoms with Crippen LogP contribution < -0.4 is 5.32 Å². The fraction of sp³-hybridized carbons (Fsp3) is 0.472. The number of piperidine rings is 1. The van der Waals surface area contributed by atoms with Gasteiger partial charge in [0.1, 0.15) is 34.5 Å². The summed E-state index contributed by atoms with van der Waals surface area (Å²) in [6.07, 6.45) is 8.98. The Morgan fingerprint density at radius 2 is 1.75 bits per heavy atom. The molecule has 4 aromatic rings. The Morgan fingerprint density at radius 3 is 2.48 bits per heavy atom. The van der Waals surface area contributed by atoms with Crippen LogP contribution in [0.15, 0.2) is 47.3 Å². The highest BCUT2D eigenvalue weighted by molar-refractivity contribution is 9.10. The Labute approximate surface area is 287 Å². The van der Waals surface area contributed by atoms with Crippen LogP contribution in [-0.2, 0) is 16.1 Å². The first-order valence-electron chi connectivity index (χ1n) is 16.9. The summed E-state index contributed by atoms with van der Waals surface area (Å²) in [6.45, 7) is 8.30. The zero-order valence-electron chi connectivity index (χ0n) is 27.4. The fourth-order valence-electron chi connectivity index (χ4n) is 8.67. The average Bonchev–Trinajstić information content (AvgIpc) is 3.46. The summed E-state index contributed by atoms with van der Waals surface area (Å²) in [5.41, 5.74) is 3.43. The minimum atomic E-state index is -0.624. The number of nitrogens with zero attached hydrogens (tertiary/aromatic N) is 7. The maximum Gasteiger partial charge on any atom is 0.248 e. The topological polar surface area (TPSA) is 126 Å². The van der Waals surface area contributed by atoms with E-state index < -0.39 is 6.04 Å². The second kappa shape index (κ2) is 11.8. The van der Waals surface area contributed by atoms with Crippen molar-refractivity contribution >= 4 is 50.2 Å². The number of fused-ring (bicyclic) bond motifs is 3. The Bertz CT molecular complexity index is 1950. The monoisotopic (exact) mass is 710 g/mol. The second-order valence-electron chi connectivity index (χ2n) is 14.4. The number of likely N-dealkylation sites (tertiary alicyclic amines) is 2. The number of aryl methyl sites for hydroxylation is 2. The number of pyridine rings is 1. The van der Waals surface area contributed by atoms with Crippen LogP contribution in [0.5, 0.6) is 0 Å². The molecule has 12 heteroatoms. The number of benzene rings is 1. The Hall–Kier alpha value is -4.03. The van der Waals surface area contributed by atoms with Gasteiger partial charge in [0, 0.05) is 61.4 Å². The molecule has 2 aliphatic carbocycles. The minimum Gasteiger partial charge on any atom is -0.325 e. The van der Waals surface area contributed by atoms with Crippen LogP contribution in [0.1, 0.15) is 60.9 Å². The van der Waals surface area contributed by atoms with Crippen molar-refractivity contribution in [3.63, 3.8) is 0 Å². The number of carbonyl (C=O) groups excluding carboxylic acids is 3. The average molecular weight is 712 g/mol. The number of carbonyl (C=O) groups is 3. The van der Waals surface area contributed by atoms with Gasteiger partial charge in [-0.05, 0) is 96.6 Å². The third-order valence-corrected chi connectivity index (χ3v) is 11.6. The Kier molecular flexibility index (Phi) is 7.71. The number of nitrogens with one attached hydrogen (secondary N) is 1. The summed E-state index contributed by atoms with van der Waals surface area (Å²) in [5, 5.41) is 8.35. The summed E-state index contributed by atoms with van der Waals surface area (Å²) >= 11 is 3.42. The number of hydrogen-bond acceptors (Lipinski definition) is 8. The van der Waals surface area contributed by atoms with E-state index in [-0.39, 0.29) is 35.6 Å². The van der Waals surface area contributed by atoms with Gasteiger partial charge in [0.2, 0.25) is 11.8 Å². The molecular formula is C36H39BrN8O3. The lowest BCUT2D eigenvalue weighted by molar-refractivity contribution is -0.138. The van der Waals surface area contributed by atoms with Gasteiger partial charge in [0.15, 0.2) is 5.78 Å². The van der Waals surface area contributed by atoms with Gasteiger partial charge in [-0.3, -0.25) is 19.1 Å². The number of anilines is 1. The molecule has 0 radical (unpaired) electrons. The number of Topliss-reactive ketones (excluding diaryl/α,β-unsaturated/α-hetero) is 1. The van der Waals surface area contributed by atoms with Gasteiger partial charge in [0.25, 0.3) is 0 Å². The van der Waals surface area contributed by atoms with E-state index in [0.717, 1.165) is 54.6 Å². The van der Waals surface area contributed by atoms with Gasteiger partial charge in [-0.25, -0.2) is 15.0 Å². The van der Waals surface area contributed by atoms with Crippen LogP contribution in [0.3, 0.4) is 0 Å². The van der Waals surface area contributed by atoms with Crippen molar-refractivity contribution in [3.8, 4) is 11.1 Å². The Balaban J connectivity index is 1.08. The molecule has 0 spiro atoms. The molecule has 1 aromatic carbocycles. The Morgan fingerprint density at radius 1 is 1.00 bits per heavy atom. The van der Waals surface area contributed by atoms with Crippen molar-refractivity contribution in [1.82, 2.24) is 34.5 Å². The number of ketones is 1. The van der Waals surface area contributed by atoms with Gasteiger partial charge in [0.05, 0.1) is 5.52 Å². The van der Waals surface area contributed by atoms with Gasteiger partial charge in [-0.15, -0.1) is 0 Å². The molecule has 1 unspecified atom stereocenters. The molecule has 2 saturated carbocycles. The molecule has 2 amide bonds. The normalized spacial score (nSPS) is 26.1. The zero-order valence-corrected chi connectivity index (χ0v) is 29.0. The molecular weight excluding hydrogens is 672 g/mol. The molecule has 2 aliphatic heterocycles. The van der Waals surface area contributed by atoms with E-state index in [9.17, 15) is 14.4 Å². The highest BCUT2D eigenvalue weighted by Gasteiger charge is 2.67. The molecule has 248 valence electrons. The minimum absolute atomic E-state index is 0.0139. The summed E-state index contributed by atoms with van der Waals surface area (Å²) in [4.78, 5) is 58.6. The summed E-state index contributed by atoms with van der Waals surface area (Å²) in [5.74, 6) is 2.15. The molecule has 5 heterocycles. The third kappa shape index (κ3) is 5.52. The zero-order chi connectivity index (χ0) is 33.3. The smallest absolute Gasteiger partial charge is 0.248 e. The highest BCUT2D eigenvalue weighted by Crippen LogP contribution is 2.60. The SMILES string of the molecule is CC(=O)c1nn(CC(=O)N2C3C[C@]3(CN3C[C@H]4CCC[C@H]4C3)C[C@H]2C(=O)Nc2nc(Br)ccc2C)c2ccc(-c3cnc(C)nc3)cc12. The second-order valence-corrected chi connectivity index (χ2v) is 15.2. The van der Waals surface area contributed by atoms with Gasteiger partial charge in [-0.1, -0.05) is 18.6 Å². The lowest BCUT2D eigenvalue weighted by Gasteiger charge is -2.27. The molecule has 48 heavy (non-hydrogen) atoms. The van der Waals surface area contributed by atoms with E-state index >= 15 is 0 Å². The lowest BCUT2D eigenvalue weighted by atomic mass is 9.98. The number of rotatable bonds is 8. The highest BCUT2D eigenvalue weighted by atomic mass is 79.9. The maximum absolute atomic E-state index is 14.4. The number of hydrogen-bond donors (Lipinski definition) is 1. The van der Waals surface area contributed by atoms with Gasteiger partial charge < -0.3 is 15.1 Å². The number of amides is 2. The summed E-state index contributed by atoms with van der Waals surface area (Å²) < 4.78 is 2.24. The van der Waals surface area contributed by atoms with Crippen LogP contribution >= 0.6 is 15.9 Å². The molecule has 0 bridgehead atoms. The van der Waals surface area contributed by atoms with E-state index in [0.29, 0.717) is 39.3 Å². The van der Waals surface area contributed by atoms with Crippen molar-refractivity contribution in [2.24, 2.45) is 17.3 Å². The molecule has 11 nitrogen and oxygen atoms in total. The number of aromatic nitrogens is 5. The first-order chi connectivity index (χ1) is 23.1. The van der Waals surface area contributed by atoms with Crippen molar-refractivity contribution in [2.45, 2.75) is 71.5 Å². The molecule has 4 fully saturated rings. The predicted molar refractivity (Wildman–Crippen MR) is 184 cm³/mol. The van der Waals surface area contributed by atoms with Crippen LogP contribution in [0.4, 0.5) is 5.82 Å². The van der Waals surface area contributed by atoms with Crippen molar-refractivity contribution in [3.05, 3.63) is 64.4 Å². The van der Waals surface area contributed by atoms with Gasteiger partial charge >= 0.3 is 0 Å². The predicted octanol–water partition coefficient (Wildman–Crippen LogP) is 5.20. The van der Waals surface area contributed by atoms with Crippen molar-refractivity contribution in [1.29, 1.82) is 0 Å². The van der Waals surface area contributed by atoms with Crippen LogP contribution in [0, 0.1) is 31.1 Å². The summed E-state index contributed by atoms with van der Waals surface area (Å²) in [7, 11) is 0. The van der Waals surface area contributed by atoms with Crippen LogP contribution in [0.2, 0.25) is 0 Å². The van der Waals surface area contributed by atoms with E-state index in [1.807, 2.05) is 49.1 Å².